The summed E-state index contributed by atoms with van der Waals surface area (Å²) in [6, 6.07) is 0.00220. The van der Waals surface area contributed by atoms with Crippen LogP contribution < -0.4 is 11.1 Å². The lowest BCUT2D eigenvalue weighted by atomic mass is 9.94. The molecule has 0 aromatic heterocycles. The number of carbonyl (C=O) groups excluding carboxylic acids is 1. The summed E-state index contributed by atoms with van der Waals surface area (Å²) in [5.74, 6) is 0. The van der Waals surface area contributed by atoms with Crippen LogP contribution in [-0.4, -0.2) is 62.5 Å². The first-order valence-corrected chi connectivity index (χ1v) is 6.20. The first-order valence-electron chi connectivity index (χ1n) is 6.20. The number of hydrogen-bond donors (Lipinski definition) is 2. The van der Waals surface area contributed by atoms with Crippen LogP contribution >= 0.6 is 0 Å². The van der Waals surface area contributed by atoms with Crippen LogP contribution in [0.2, 0.25) is 0 Å². The molecule has 2 amide bonds. The Morgan fingerprint density at radius 1 is 1.47 bits per heavy atom. The molecule has 2 rings (SSSR count). The molecule has 6 nitrogen and oxygen atoms in total. The van der Waals surface area contributed by atoms with Crippen molar-refractivity contribution >= 4 is 6.03 Å². The summed E-state index contributed by atoms with van der Waals surface area (Å²) in [5.41, 5.74) is 5.54. The van der Waals surface area contributed by atoms with Gasteiger partial charge in [-0.05, 0) is 0 Å². The highest BCUT2D eigenvalue weighted by Gasteiger charge is 2.32. The van der Waals surface area contributed by atoms with Gasteiger partial charge in [0.25, 0.3) is 0 Å². The number of hydrogen-bond acceptors (Lipinski definition) is 4. The highest BCUT2D eigenvalue weighted by atomic mass is 16.5. The summed E-state index contributed by atoms with van der Waals surface area (Å²) < 4.78 is 11.2. The van der Waals surface area contributed by atoms with E-state index in [4.69, 9.17) is 15.2 Å². The molecule has 0 radical (unpaired) electrons. The average Bonchev–Trinajstić information content (AvgIpc) is 2.76. The van der Waals surface area contributed by atoms with Gasteiger partial charge in [0.15, 0.2) is 0 Å². The minimum absolute atomic E-state index is 0.00220. The van der Waals surface area contributed by atoms with Gasteiger partial charge in [0.1, 0.15) is 0 Å². The molecule has 17 heavy (non-hydrogen) atoms. The first kappa shape index (κ1) is 12.6. The second-order valence-electron chi connectivity index (χ2n) is 4.57. The number of amides is 2. The van der Waals surface area contributed by atoms with Crippen molar-refractivity contribution < 1.29 is 14.3 Å². The molecule has 2 heterocycles. The molecule has 2 aliphatic heterocycles. The second-order valence-corrected chi connectivity index (χ2v) is 4.57. The van der Waals surface area contributed by atoms with E-state index in [2.05, 4.69) is 5.32 Å². The van der Waals surface area contributed by atoms with E-state index in [1.165, 1.54) is 0 Å². The predicted molar refractivity (Wildman–Crippen MR) is 62.8 cm³/mol. The Bertz CT molecular complexity index is 267. The number of nitrogens with two attached hydrogens (primary N) is 1. The zero-order valence-electron chi connectivity index (χ0n) is 10.1. The Morgan fingerprint density at radius 3 is 2.82 bits per heavy atom. The topological polar surface area (TPSA) is 76.8 Å². The maximum absolute atomic E-state index is 11.3. The van der Waals surface area contributed by atoms with Crippen LogP contribution in [0.4, 0.5) is 4.79 Å². The molecule has 98 valence electrons. The Hall–Kier alpha value is -0.850. The van der Waals surface area contributed by atoms with Gasteiger partial charge in [0, 0.05) is 52.2 Å². The van der Waals surface area contributed by atoms with Crippen molar-refractivity contribution in [2.75, 3.05) is 46.0 Å². The molecular formula is C11H21N3O3. The fourth-order valence-electron chi connectivity index (χ4n) is 2.25. The van der Waals surface area contributed by atoms with Crippen LogP contribution in [0, 0.1) is 0 Å². The van der Waals surface area contributed by atoms with Gasteiger partial charge in [-0.1, -0.05) is 0 Å². The standard InChI is InChI=1S/C11H21N3O3/c12-9-11(1-6-16-7-2-11)17-8-5-14-4-3-13-10(14)15/h1-9,12H2,(H,13,15). The van der Waals surface area contributed by atoms with Gasteiger partial charge >= 0.3 is 6.03 Å². The minimum Gasteiger partial charge on any atom is -0.381 e. The Balaban J connectivity index is 1.74. The third kappa shape index (κ3) is 3.08. The monoisotopic (exact) mass is 243 g/mol. The molecule has 0 aromatic rings. The van der Waals surface area contributed by atoms with Gasteiger partial charge < -0.3 is 25.4 Å². The molecule has 0 saturated carbocycles. The number of ether oxygens (including phenoxy) is 2. The van der Waals surface area contributed by atoms with Gasteiger partial charge in [-0.25, -0.2) is 4.79 Å². The molecule has 6 heteroatoms. The van der Waals surface area contributed by atoms with Crippen LogP contribution in [-0.2, 0) is 9.47 Å². The maximum Gasteiger partial charge on any atom is 0.317 e. The number of nitrogens with one attached hydrogen (secondary N) is 1. The van der Waals surface area contributed by atoms with Gasteiger partial charge in [-0.2, -0.15) is 0 Å². The van der Waals surface area contributed by atoms with E-state index in [0.717, 1.165) is 25.9 Å². The molecule has 0 aliphatic carbocycles. The largest absolute Gasteiger partial charge is 0.381 e. The van der Waals surface area contributed by atoms with Crippen molar-refractivity contribution in [3.63, 3.8) is 0 Å². The van der Waals surface area contributed by atoms with Crippen LogP contribution in [0.3, 0.4) is 0 Å². The van der Waals surface area contributed by atoms with E-state index < -0.39 is 0 Å². The predicted octanol–water partition coefficient (Wildman–Crippen LogP) is -0.464. The molecule has 2 fully saturated rings. The minimum atomic E-state index is -0.242. The summed E-state index contributed by atoms with van der Waals surface area (Å²) in [6.45, 7) is 4.61. The molecule has 3 N–H and O–H groups in total. The highest BCUT2D eigenvalue weighted by Crippen LogP contribution is 2.23. The molecule has 0 aromatic carbocycles. The number of carbonyl (C=O) groups is 1. The number of nitrogens with zero attached hydrogens (tertiary/aromatic N) is 1. The second kappa shape index (κ2) is 5.66. The number of urea groups is 1. The third-order valence-electron chi connectivity index (χ3n) is 3.49. The third-order valence-corrected chi connectivity index (χ3v) is 3.49. The van der Waals surface area contributed by atoms with Gasteiger partial charge in [0.05, 0.1) is 12.2 Å². The smallest absolute Gasteiger partial charge is 0.317 e. The number of rotatable bonds is 5. The zero-order chi connectivity index (χ0) is 12.1. The summed E-state index contributed by atoms with van der Waals surface area (Å²) >= 11 is 0. The SMILES string of the molecule is NCC1(OCCN2CCNC2=O)CCOCC1. The van der Waals surface area contributed by atoms with Crippen LogP contribution in [0.15, 0.2) is 0 Å². The maximum atomic E-state index is 11.3. The van der Waals surface area contributed by atoms with Crippen molar-refractivity contribution in [2.24, 2.45) is 5.73 Å². The lowest BCUT2D eigenvalue weighted by molar-refractivity contribution is -0.106. The average molecular weight is 243 g/mol. The Morgan fingerprint density at radius 2 is 2.24 bits per heavy atom. The van der Waals surface area contributed by atoms with Crippen molar-refractivity contribution in [3.8, 4) is 0 Å². The van der Waals surface area contributed by atoms with Crippen LogP contribution in [0.1, 0.15) is 12.8 Å². The van der Waals surface area contributed by atoms with E-state index in [-0.39, 0.29) is 11.6 Å². The van der Waals surface area contributed by atoms with Gasteiger partial charge in [0.2, 0.25) is 0 Å². The molecule has 0 spiro atoms. The first-order chi connectivity index (χ1) is 8.26. The van der Waals surface area contributed by atoms with E-state index in [0.29, 0.717) is 32.9 Å². The summed E-state index contributed by atoms with van der Waals surface area (Å²) in [5, 5.41) is 2.77. The van der Waals surface area contributed by atoms with Crippen molar-refractivity contribution in [3.05, 3.63) is 0 Å². The molecular weight excluding hydrogens is 222 g/mol. The fourth-order valence-corrected chi connectivity index (χ4v) is 2.25. The molecule has 2 saturated heterocycles. The normalized spacial score (nSPS) is 23.8. The van der Waals surface area contributed by atoms with Crippen molar-refractivity contribution in [1.29, 1.82) is 0 Å². The molecule has 2 aliphatic rings. The van der Waals surface area contributed by atoms with E-state index in [9.17, 15) is 4.79 Å². The van der Waals surface area contributed by atoms with E-state index in [1.54, 1.807) is 4.90 Å². The summed E-state index contributed by atoms with van der Waals surface area (Å²) in [4.78, 5) is 13.1. The van der Waals surface area contributed by atoms with E-state index in [1.807, 2.05) is 0 Å². The zero-order valence-corrected chi connectivity index (χ0v) is 10.1. The molecule has 0 atom stereocenters. The molecule has 0 unspecified atom stereocenters. The van der Waals surface area contributed by atoms with Crippen molar-refractivity contribution in [1.82, 2.24) is 10.2 Å². The lowest BCUT2D eigenvalue weighted by Gasteiger charge is -2.36. The summed E-state index contributed by atoms with van der Waals surface area (Å²) in [7, 11) is 0. The van der Waals surface area contributed by atoms with Gasteiger partial charge in [-0.15, -0.1) is 0 Å². The van der Waals surface area contributed by atoms with Gasteiger partial charge in [-0.3, -0.25) is 0 Å². The van der Waals surface area contributed by atoms with E-state index >= 15 is 0 Å². The lowest BCUT2D eigenvalue weighted by Crippen LogP contribution is -2.47. The Labute approximate surface area is 101 Å². The van der Waals surface area contributed by atoms with Crippen LogP contribution in [0.25, 0.3) is 0 Å². The fraction of sp³-hybridized carbons (Fsp3) is 0.909. The highest BCUT2D eigenvalue weighted by molar-refractivity contribution is 5.76. The van der Waals surface area contributed by atoms with Crippen molar-refractivity contribution in [2.45, 2.75) is 18.4 Å². The Kier molecular flexibility index (Phi) is 4.20. The molecule has 0 bridgehead atoms. The summed E-state index contributed by atoms with van der Waals surface area (Å²) in [6.07, 6.45) is 1.69. The van der Waals surface area contributed by atoms with Crippen LogP contribution in [0.5, 0.6) is 0 Å². The quantitative estimate of drug-likeness (QED) is 0.685.